The lowest BCUT2D eigenvalue weighted by Crippen LogP contribution is -2.44. The van der Waals surface area contributed by atoms with Gasteiger partial charge in [0, 0.05) is 11.6 Å². The first-order chi connectivity index (χ1) is 13.8. The summed E-state index contributed by atoms with van der Waals surface area (Å²) < 4.78 is 11.3. The van der Waals surface area contributed by atoms with Crippen molar-refractivity contribution in [3.05, 3.63) is 65.5 Å². The lowest BCUT2D eigenvalue weighted by molar-refractivity contribution is -0.140. The van der Waals surface area contributed by atoms with Crippen LogP contribution in [-0.2, 0) is 11.3 Å². The summed E-state index contributed by atoms with van der Waals surface area (Å²) in [6.45, 7) is 9.88. The molecule has 0 fully saturated rings. The highest BCUT2D eigenvalue weighted by Gasteiger charge is 2.26. The number of nitrogens with zero attached hydrogens (tertiary/aromatic N) is 3. The highest BCUT2D eigenvalue weighted by molar-refractivity contribution is 5.81. The molecule has 0 aliphatic rings. The van der Waals surface area contributed by atoms with E-state index in [4.69, 9.17) is 9.26 Å². The summed E-state index contributed by atoms with van der Waals surface area (Å²) in [7, 11) is 0. The normalized spacial score (nSPS) is 12.1. The average molecular weight is 393 g/mol. The van der Waals surface area contributed by atoms with Gasteiger partial charge in [-0.15, -0.1) is 0 Å². The van der Waals surface area contributed by atoms with Crippen molar-refractivity contribution in [1.82, 2.24) is 15.0 Å². The van der Waals surface area contributed by atoms with Crippen LogP contribution in [0.3, 0.4) is 0 Å². The molecule has 1 atom stereocenters. The van der Waals surface area contributed by atoms with Crippen LogP contribution in [0, 0.1) is 13.8 Å². The van der Waals surface area contributed by atoms with E-state index in [1.807, 2.05) is 76.2 Å². The van der Waals surface area contributed by atoms with Gasteiger partial charge in [0.1, 0.15) is 12.3 Å². The van der Waals surface area contributed by atoms with Gasteiger partial charge in [0.05, 0.1) is 0 Å². The van der Waals surface area contributed by atoms with Gasteiger partial charge in [-0.3, -0.25) is 4.79 Å². The Labute approximate surface area is 171 Å². The van der Waals surface area contributed by atoms with Crippen LogP contribution in [0.4, 0.5) is 0 Å². The van der Waals surface area contributed by atoms with Crippen molar-refractivity contribution in [2.45, 2.75) is 53.3 Å². The molecule has 0 saturated carbocycles. The molecule has 1 amide bonds. The Morgan fingerprint density at radius 1 is 1.07 bits per heavy atom. The number of aromatic nitrogens is 2. The number of para-hydroxylation sites is 1. The largest absolute Gasteiger partial charge is 0.481 e. The van der Waals surface area contributed by atoms with E-state index in [-0.39, 0.29) is 18.5 Å². The maximum Gasteiger partial charge on any atom is 0.264 e. The predicted octanol–water partition coefficient (Wildman–Crippen LogP) is 4.56. The summed E-state index contributed by atoms with van der Waals surface area (Å²) in [5.41, 5.74) is 3.03. The van der Waals surface area contributed by atoms with Crippen molar-refractivity contribution in [3.8, 4) is 17.1 Å². The lowest BCUT2D eigenvalue weighted by Gasteiger charge is -2.28. The molecule has 1 heterocycles. The summed E-state index contributed by atoms with van der Waals surface area (Å²) in [4.78, 5) is 19.2. The molecular weight excluding hydrogens is 366 g/mol. The van der Waals surface area contributed by atoms with E-state index in [1.165, 1.54) is 0 Å². The minimum atomic E-state index is -0.627. The Morgan fingerprint density at radius 2 is 1.76 bits per heavy atom. The van der Waals surface area contributed by atoms with Gasteiger partial charge in [0.15, 0.2) is 6.10 Å². The molecule has 2 aromatic carbocycles. The molecule has 1 unspecified atom stereocenters. The van der Waals surface area contributed by atoms with E-state index in [2.05, 4.69) is 10.1 Å². The number of ether oxygens (including phenoxy) is 1. The van der Waals surface area contributed by atoms with Crippen LogP contribution < -0.4 is 4.74 Å². The fourth-order valence-corrected chi connectivity index (χ4v) is 2.96. The standard InChI is InChI=1S/C23H27N3O3/c1-15(2)26(23(27)18(5)28-20-9-7-6-8-17(20)4)14-21-24-22(25-29-21)19-12-10-16(3)11-13-19/h6-13,15,18H,14H2,1-5H3. The summed E-state index contributed by atoms with van der Waals surface area (Å²) in [6, 6.07) is 15.5. The van der Waals surface area contributed by atoms with Crippen LogP contribution in [0.15, 0.2) is 53.1 Å². The predicted molar refractivity (Wildman–Crippen MR) is 111 cm³/mol. The van der Waals surface area contributed by atoms with E-state index in [1.54, 1.807) is 11.8 Å². The molecule has 3 aromatic rings. The van der Waals surface area contributed by atoms with Gasteiger partial charge in [-0.25, -0.2) is 0 Å². The fourth-order valence-electron chi connectivity index (χ4n) is 2.96. The third kappa shape index (κ3) is 5.02. The van der Waals surface area contributed by atoms with Crippen LogP contribution in [-0.4, -0.2) is 33.1 Å². The average Bonchev–Trinajstić information content (AvgIpc) is 3.16. The number of hydrogen-bond donors (Lipinski definition) is 0. The second-order valence-corrected chi connectivity index (χ2v) is 7.46. The smallest absolute Gasteiger partial charge is 0.264 e. The summed E-state index contributed by atoms with van der Waals surface area (Å²) in [5, 5.41) is 4.06. The lowest BCUT2D eigenvalue weighted by atomic mass is 10.1. The van der Waals surface area contributed by atoms with Gasteiger partial charge in [-0.1, -0.05) is 53.2 Å². The second-order valence-electron chi connectivity index (χ2n) is 7.46. The third-order valence-electron chi connectivity index (χ3n) is 4.73. The zero-order valence-electron chi connectivity index (χ0n) is 17.5. The number of carbonyl (C=O) groups excluding carboxylic acids is 1. The van der Waals surface area contributed by atoms with Gasteiger partial charge < -0.3 is 14.2 Å². The molecule has 152 valence electrons. The number of aryl methyl sites for hydroxylation is 2. The first-order valence-electron chi connectivity index (χ1n) is 9.77. The molecule has 3 rings (SSSR count). The van der Waals surface area contributed by atoms with Gasteiger partial charge in [0.2, 0.25) is 11.7 Å². The van der Waals surface area contributed by atoms with E-state index in [9.17, 15) is 4.79 Å². The molecule has 0 bridgehead atoms. The van der Waals surface area contributed by atoms with Crippen molar-refractivity contribution in [2.24, 2.45) is 0 Å². The Kier molecular flexibility index (Phi) is 6.32. The van der Waals surface area contributed by atoms with E-state index < -0.39 is 6.10 Å². The van der Waals surface area contributed by atoms with Gasteiger partial charge >= 0.3 is 0 Å². The fraction of sp³-hybridized carbons (Fsp3) is 0.348. The van der Waals surface area contributed by atoms with E-state index >= 15 is 0 Å². The number of carbonyl (C=O) groups is 1. The van der Waals surface area contributed by atoms with Crippen LogP contribution in [0.1, 0.15) is 37.8 Å². The molecular formula is C23H27N3O3. The van der Waals surface area contributed by atoms with Crippen LogP contribution in [0.2, 0.25) is 0 Å². The Morgan fingerprint density at radius 3 is 2.41 bits per heavy atom. The number of hydrogen-bond acceptors (Lipinski definition) is 5. The second kappa shape index (κ2) is 8.90. The van der Waals surface area contributed by atoms with Crippen LogP contribution in [0.25, 0.3) is 11.4 Å². The minimum absolute atomic E-state index is 0.0415. The van der Waals surface area contributed by atoms with Crippen molar-refractivity contribution >= 4 is 5.91 Å². The highest BCUT2D eigenvalue weighted by Crippen LogP contribution is 2.21. The van der Waals surface area contributed by atoms with E-state index in [0.717, 1.165) is 16.7 Å². The van der Waals surface area contributed by atoms with Gasteiger partial charge in [-0.05, 0) is 46.2 Å². The molecule has 1 aromatic heterocycles. The minimum Gasteiger partial charge on any atom is -0.481 e. The summed E-state index contributed by atoms with van der Waals surface area (Å²) in [5.74, 6) is 1.49. The van der Waals surface area contributed by atoms with Crippen LogP contribution >= 0.6 is 0 Å². The SMILES string of the molecule is Cc1ccc(-c2noc(CN(C(=O)C(C)Oc3ccccc3C)C(C)C)n2)cc1. The Balaban J connectivity index is 1.72. The molecule has 6 nitrogen and oxygen atoms in total. The maximum absolute atomic E-state index is 13.0. The molecule has 0 aliphatic carbocycles. The van der Waals surface area contributed by atoms with Gasteiger partial charge in [-0.2, -0.15) is 4.98 Å². The molecule has 0 aliphatic heterocycles. The highest BCUT2D eigenvalue weighted by atomic mass is 16.5. The Hall–Kier alpha value is -3.15. The molecule has 0 radical (unpaired) electrons. The monoisotopic (exact) mass is 393 g/mol. The Bertz CT molecular complexity index is 964. The number of benzene rings is 2. The van der Waals surface area contributed by atoms with Crippen molar-refractivity contribution in [1.29, 1.82) is 0 Å². The van der Waals surface area contributed by atoms with E-state index in [0.29, 0.717) is 17.5 Å². The quantitative estimate of drug-likeness (QED) is 0.589. The molecule has 6 heteroatoms. The first-order valence-corrected chi connectivity index (χ1v) is 9.77. The van der Waals surface area contributed by atoms with Crippen molar-refractivity contribution < 1.29 is 14.1 Å². The molecule has 0 N–H and O–H groups in total. The number of rotatable bonds is 7. The molecule has 29 heavy (non-hydrogen) atoms. The van der Waals surface area contributed by atoms with Gasteiger partial charge in [0.25, 0.3) is 5.91 Å². The maximum atomic E-state index is 13.0. The van der Waals surface area contributed by atoms with Crippen molar-refractivity contribution in [3.63, 3.8) is 0 Å². The topological polar surface area (TPSA) is 68.5 Å². The van der Waals surface area contributed by atoms with Crippen molar-refractivity contribution in [2.75, 3.05) is 0 Å². The zero-order valence-corrected chi connectivity index (χ0v) is 17.5. The summed E-state index contributed by atoms with van der Waals surface area (Å²) in [6.07, 6.45) is -0.627. The third-order valence-corrected chi connectivity index (χ3v) is 4.73. The summed E-state index contributed by atoms with van der Waals surface area (Å²) >= 11 is 0. The molecule has 0 saturated heterocycles. The first kappa shape index (κ1) is 20.6. The molecule has 0 spiro atoms. The van der Waals surface area contributed by atoms with Crippen LogP contribution in [0.5, 0.6) is 5.75 Å². The number of amides is 1. The zero-order chi connectivity index (χ0) is 21.0.